The molecule has 1 aliphatic rings. The Bertz CT molecular complexity index is 1280. The summed E-state index contributed by atoms with van der Waals surface area (Å²) in [6.07, 6.45) is -0.297. The van der Waals surface area contributed by atoms with Gasteiger partial charge in [0.15, 0.2) is 0 Å². The zero-order valence-corrected chi connectivity index (χ0v) is 16.8. The Hall–Kier alpha value is -4.54. The molecule has 2 amide bonds. The first-order valence-corrected chi connectivity index (χ1v) is 9.64. The Morgan fingerprint density at radius 2 is 1.88 bits per heavy atom. The van der Waals surface area contributed by atoms with Gasteiger partial charge in [-0.2, -0.15) is 4.98 Å². The van der Waals surface area contributed by atoms with Crippen molar-refractivity contribution in [3.63, 3.8) is 0 Å². The van der Waals surface area contributed by atoms with Gasteiger partial charge < -0.3 is 16.0 Å². The van der Waals surface area contributed by atoms with E-state index in [4.69, 9.17) is 0 Å². The molecule has 1 aliphatic heterocycles. The maximum atomic E-state index is 12.9. The van der Waals surface area contributed by atoms with Crippen LogP contribution in [-0.2, 0) is 9.59 Å². The molecule has 162 valence electrons. The lowest BCUT2D eigenvalue weighted by molar-refractivity contribution is -0.383. The van der Waals surface area contributed by atoms with Crippen LogP contribution in [-0.4, -0.2) is 26.7 Å². The van der Waals surface area contributed by atoms with Gasteiger partial charge in [0.05, 0.1) is 16.4 Å². The van der Waals surface area contributed by atoms with E-state index in [1.807, 2.05) is 19.1 Å². The highest BCUT2D eigenvalue weighted by molar-refractivity contribution is 6.05. The number of benzene rings is 2. The largest absolute Gasteiger partial charge is 0.326 e. The van der Waals surface area contributed by atoms with Crippen molar-refractivity contribution < 1.29 is 14.5 Å². The molecule has 11 nitrogen and oxygen atoms in total. The zero-order valence-electron chi connectivity index (χ0n) is 16.8. The molecule has 0 saturated heterocycles. The van der Waals surface area contributed by atoms with Crippen molar-refractivity contribution in [2.75, 3.05) is 16.0 Å². The molecular weight excluding hydrogens is 416 g/mol. The Balaban J connectivity index is 1.65. The van der Waals surface area contributed by atoms with Crippen LogP contribution in [0.4, 0.5) is 28.8 Å². The predicted molar refractivity (Wildman–Crippen MR) is 117 cm³/mol. The molecule has 4 N–H and O–H groups in total. The third-order valence-corrected chi connectivity index (χ3v) is 4.94. The topological polar surface area (TPSA) is 159 Å². The van der Waals surface area contributed by atoms with Crippen LogP contribution in [0.2, 0.25) is 0 Å². The summed E-state index contributed by atoms with van der Waals surface area (Å²) >= 11 is 0. The number of nitro groups is 1. The molecule has 0 saturated carbocycles. The molecule has 0 fully saturated rings. The maximum absolute atomic E-state index is 12.9. The number of aryl methyl sites for hydroxylation is 1. The van der Waals surface area contributed by atoms with Crippen LogP contribution < -0.4 is 21.5 Å². The molecule has 11 heteroatoms. The smallest absolute Gasteiger partial charge is 0.292 e. The number of carbonyl (C=O) groups excluding carboxylic acids is 2. The number of aromatic amines is 1. The van der Waals surface area contributed by atoms with Crippen LogP contribution in [0.5, 0.6) is 0 Å². The number of carbonyl (C=O) groups is 2. The summed E-state index contributed by atoms with van der Waals surface area (Å²) < 4.78 is 0. The fourth-order valence-electron chi connectivity index (χ4n) is 3.39. The summed E-state index contributed by atoms with van der Waals surface area (Å²) in [7, 11) is 0. The average Bonchev–Trinajstić information content (AvgIpc) is 2.74. The lowest BCUT2D eigenvalue weighted by Crippen LogP contribution is -2.36. The second-order valence-electron chi connectivity index (χ2n) is 7.24. The number of nitrogens with zero attached hydrogens (tertiary/aromatic N) is 2. The van der Waals surface area contributed by atoms with Crippen LogP contribution in [0.15, 0.2) is 53.3 Å². The number of hydrogen-bond acceptors (Lipinski definition) is 7. The summed E-state index contributed by atoms with van der Waals surface area (Å²) in [5.74, 6) is -2.33. The van der Waals surface area contributed by atoms with Gasteiger partial charge in [-0.1, -0.05) is 29.8 Å². The molecule has 0 spiro atoms. The van der Waals surface area contributed by atoms with Crippen molar-refractivity contribution in [2.45, 2.75) is 19.3 Å². The number of aromatic nitrogens is 2. The summed E-state index contributed by atoms with van der Waals surface area (Å²) in [5, 5.41) is 19.1. The number of amides is 2. The van der Waals surface area contributed by atoms with Crippen molar-refractivity contribution >= 4 is 40.6 Å². The summed E-state index contributed by atoms with van der Waals surface area (Å²) in [6, 6.07) is 13.0. The van der Waals surface area contributed by atoms with Gasteiger partial charge in [-0.15, -0.1) is 0 Å². The highest BCUT2D eigenvalue weighted by Crippen LogP contribution is 2.31. The molecule has 2 aromatic carbocycles. The van der Waals surface area contributed by atoms with Gasteiger partial charge in [0.1, 0.15) is 11.5 Å². The number of H-pyrrole nitrogens is 1. The van der Waals surface area contributed by atoms with Gasteiger partial charge in [0.2, 0.25) is 17.8 Å². The van der Waals surface area contributed by atoms with Gasteiger partial charge in [-0.05, 0) is 25.1 Å². The van der Waals surface area contributed by atoms with Crippen LogP contribution in [0, 0.1) is 17.0 Å². The van der Waals surface area contributed by atoms with Crippen molar-refractivity contribution in [2.24, 2.45) is 0 Å². The van der Waals surface area contributed by atoms with E-state index in [2.05, 4.69) is 25.9 Å². The molecule has 1 unspecified atom stereocenters. The number of rotatable bonds is 5. The van der Waals surface area contributed by atoms with E-state index < -0.39 is 28.2 Å². The van der Waals surface area contributed by atoms with Crippen LogP contribution in [0.3, 0.4) is 0 Å². The van der Waals surface area contributed by atoms with Crippen LogP contribution in [0.25, 0.3) is 0 Å². The fourth-order valence-corrected chi connectivity index (χ4v) is 3.39. The molecular formula is C21H18N6O5. The van der Waals surface area contributed by atoms with Crippen molar-refractivity contribution in [1.82, 2.24) is 9.97 Å². The average molecular weight is 434 g/mol. The predicted octanol–water partition coefficient (Wildman–Crippen LogP) is 2.79. The van der Waals surface area contributed by atoms with Crippen molar-refractivity contribution in [3.05, 3.63) is 80.1 Å². The first kappa shape index (κ1) is 20.7. The number of fused-ring (bicyclic) bond motifs is 1. The number of nitrogens with one attached hydrogen (secondary N) is 4. The normalized spacial score (nSPS) is 14.8. The molecule has 2 heterocycles. The summed E-state index contributed by atoms with van der Waals surface area (Å²) in [4.78, 5) is 55.3. The van der Waals surface area contributed by atoms with Crippen molar-refractivity contribution in [1.29, 1.82) is 0 Å². The van der Waals surface area contributed by atoms with E-state index in [0.717, 1.165) is 5.56 Å². The molecule has 3 aromatic rings. The number of hydrogen-bond donors (Lipinski definition) is 4. The van der Waals surface area contributed by atoms with Gasteiger partial charge >= 0.3 is 0 Å². The first-order valence-electron chi connectivity index (χ1n) is 9.64. The minimum absolute atomic E-state index is 0.0184. The second kappa shape index (κ2) is 8.30. The van der Waals surface area contributed by atoms with Crippen LogP contribution >= 0.6 is 0 Å². The van der Waals surface area contributed by atoms with Gasteiger partial charge in [-0.25, -0.2) is 0 Å². The van der Waals surface area contributed by atoms with Crippen LogP contribution in [0.1, 0.15) is 23.5 Å². The quantitative estimate of drug-likeness (QED) is 0.355. The minimum atomic E-state index is -1.16. The maximum Gasteiger partial charge on any atom is 0.292 e. The highest BCUT2D eigenvalue weighted by atomic mass is 16.6. The molecule has 4 rings (SSSR count). The SMILES string of the molecule is Cc1ccc(Nc2nc3c(c(=O)[nH]2)C(C(=O)Nc2ccccc2[N+](=O)[O-])CC(=O)N3)cc1. The minimum Gasteiger partial charge on any atom is -0.326 e. The molecule has 1 aromatic heterocycles. The van der Waals surface area contributed by atoms with E-state index in [9.17, 15) is 24.5 Å². The van der Waals surface area contributed by atoms with E-state index in [-0.39, 0.29) is 35.1 Å². The number of para-hydroxylation sites is 2. The van der Waals surface area contributed by atoms with E-state index in [1.54, 1.807) is 12.1 Å². The number of anilines is 4. The monoisotopic (exact) mass is 434 g/mol. The Morgan fingerprint density at radius 3 is 2.59 bits per heavy atom. The third-order valence-electron chi connectivity index (χ3n) is 4.94. The highest BCUT2D eigenvalue weighted by Gasteiger charge is 2.35. The summed E-state index contributed by atoms with van der Waals surface area (Å²) in [5.41, 5.74) is 0.777. The molecule has 0 bridgehead atoms. The first-order chi connectivity index (χ1) is 15.3. The van der Waals surface area contributed by atoms with Crippen molar-refractivity contribution in [3.8, 4) is 0 Å². The fraction of sp³-hybridized carbons (Fsp3) is 0.143. The standard InChI is InChI=1S/C21H18N6O5/c1-11-6-8-12(9-7-11)22-21-25-18-17(20(30)26-21)13(10-16(28)24-18)19(29)23-14-4-2-3-5-15(14)27(31)32/h2-9,13H,10H2,1H3,(H,23,29)(H3,22,24,25,26,28,30). The lowest BCUT2D eigenvalue weighted by atomic mass is 9.92. The second-order valence-corrected chi connectivity index (χ2v) is 7.24. The molecule has 0 radical (unpaired) electrons. The Kier molecular flexibility index (Phi) is 5.37. The number of nitro benzene ring substituents is 1. The van der Waals surface area contributed by atoms with E-state index in [1.165, 1.54) is 24.3 Å². The molecule has 32 heavy (non-hydrogen) atoms. The Morgan fingerprint density at radius 1 is 1.16 bits per heavy atom. The third kappa shape index (κ3) is 4.17. The van der Waals surface area contributed by atoms with Gasteiger partial charge in [-0.3, -0.25) is 29.5 Å². The van der Waals surface area contributed by atoms with E-state index in [0.29, 0.717) is 5.69 Å². The zero-order chi connectivity index (χ0) is 22.8. The molecule has 1 atom stereocenters. The lowest BCUT2D eigenvalue weighted by Gasteiger charge is -2.23. The summed E-state index contributed by atoms with van der Waals surface area (Å²) in [6.45, 7) is 1.94. The van der Waals surface area contributed by atoms with Gasteiger partial charge in [0.25, 0.3) is 11.2 Å². The van der Waals surface area contributed by atoms with E-state index >= 15 is 0 Å². The molecule has 0 aliphatic carbocycles. The van der Waals surface area contributed by atoms with Gasteiger partial charge in [0, 0.05) is 18.2 Å². The Labute approximate surface area is 181 Å².